The number of aromatic nitrogens is 1. The molecule has 0 amide bonds. The molecule has 1 heterocycles. The highest BCUT2D eigenvalue weighted by Crippen LogP contribution is 2.50. The summed E-state index contributed by atoms with van der Waals surface area (Å²) in [5.41, 5.74) is 0.740. The van der Waals surface area contributed by atoms with E-state index in [0.29, 0.717) is 11.1 Å². The van der Waals surface area contributed by atoms with Gasteiger partial charge in [0.15, 0.2) is 0 Å². The molecule has 0 atom stereocenters. The van der Waals surface area contributed by atoms with Gasteiger partial charge >= 0.3 is 5.97 Å². The summed E-state index contributed by atoms with van der Waals surface area (Å²) < 4.78 is 2.69. The maximum Gasteiger partial charge on any atom is 0.352 e. The average Bonchev–Trinajstić information content (AvgIpc) is 2.84. The van der Waals surface area contributed by atoms with Crippen LogP contribution >= 0.6 is 15.9 Å². The molecule has 1 saturated carbocycles. The summed E-state index contributed by atoms with van der Waals surface area (Å²) in [4.78, 5) is 11.0. The van der Waals surface area contributed by atoms with Crippen LogP contribution in [0.4, 0.5) is 0 Å². The summed E-state index contributed by atoms with van der Waals surface area (Å²) in [7, 11) is 0. The molecule has 3 nitrogen and oxygen atoms in total. The highest BCUT2D eigenvalue weighted by atomic mass is 79.9. The van der Waals surface area contributed by atoms with Gasteiger partial charge in [-0.25, -0.2) is 4.79 Å². The van der Waals surface area contributed by atoms with E-state index in [-0.39, 0.29) is 0 Å². The number of carbonyl (C=O) groups is 1. The second-order valence-electron chi connectivity index (χ2n) is 4.33. The Bertz CT molecular complexity index is 393. The van der Waals surface area contributed by atoms with Crippen molar-refractivity contribution in [2.75, 3.05) is 0 Å². The van der Waals surface area contributed by atoms with E-state index in [0.717, 1.165) is 17.4 Å². The van der Waals surface area contributed by atoms with Crippen LogP contribution in [0.15, 0.2) is 16.7 Å². The third-order valence-corrected chi connectivity index (χ3v) is 3.73. The highest BCUT2D eigenvalue weighted by molar-refractivity contribution is 9.10. The summed E-state index contributed by atoms with van der Waals surface area (Å²) in [6.07, 6.45) is 5.43. The van der Waals surface area contributed by atoms with Crippen molar-refractivity contribution in [1.29, 1.82) is 0 Å². The molecule has 0 aliphatic heterocycles. The summed E-state index contributed by atoms with van der Waals surface area (Å²) in [5.74, 6) is -0.854. The van der Waals surface area contributed by atoms with Gasteiger partial charge in [-0.15, -0.1) is 0 Å². The number of halogens is 1. The van der Waals surface area contributed by atoms with Gasteiger partial charge in [-0.1, -0.05) is 6.92 Å². The van der Waals surface area contributed by atoms with E-state index in [9.17, 15) is 4.79 Å². The fraction of sp³-hybridized carbons (Fsp3) is 0.545. The number of hydrogen-bond acceptors (Lipinski definition) is 1. The molecule has 82 valence electrons. The van der Waals surface area contributed by atoms with Gasteiger partial charge in [0.1, 0.15) is 5.69 Å². The van der Waals surface area contributed by atoms with Crippen molar-refractivity contribution in [3.63, 3.8) is 0 Å². The Kier molecular flexibility index (Phi) is 2.63. The first-order chi connectivity index (χ1) is 7.06. The monoisotopic (exact) mass is 271 g/mol. The molecule has 0 saturated heterocycles. The fourth-order valence-electron chi connectivity index (χ4n) is 1.95. The second-order valence-corrected chi connectivity index (χ2v) is 5.25. The molecule has 0 bridgehead atoms. The first-order valence-electron chi connectivity index (χ1n) is 5.15. The zero-order chi connectivity index (χ0) is 11.1. The normalized spacial score (nSPS) is 17.7. The van der Waals surface area contributed by atoms with Crippen LogP contribution in [0.1, 0.15) is 36.7 Å². The number of carboxylic acid groups (broad SMARTS) is 1. The molecule has 1 aliphatic carbocycles. The van der Waals surface area contributed by atoms with E-state index >= 15 is 0 Å². The lowest BCUT2D eigenvalue weighted by molar-refractivity contribution is 0.0683. The number of hydrogen-bond donors (Lipinski definition) is 1. The standard InChI is InChI=1S/C11H14BrNO2/c1-2-11(3-4-11)7-13-6-8(12)5-9(13)10(14)15/h5-6H,2-4,7H2,1H3,(H,14,15). The van der Waals surface area contributed by atoms with Crippen molar-refractivity contribution < 1.29 is 9.90 Å². The molecule has 1 fully saturated rings. The van der Waals surface area contributed by atoms with Crippen LogP contribution in [0.3, 0.4) is 0 Å². The van der Waals surface area contributed by atoms with Gasteiger partial charge < -0.3 is 9.67 Å². The summed E-state index contributed by atoms with van der Waals surface area (Å²) in [6, 6.07) is 1.66. The Morgan fingerprint density at radius 2 is 2.33 bits per heavy atom. The molecule has 15 heavy (non-hydrogen) atoms. The van der Waals surface area contributed by atoms with Gasteiger partial charge in [-0.05, 0) is 46.7 Å². The molecule has 0 spiro atoms. The SMILES string of the molecule is CCC1(Cn2cc(Br)cc2C(=O)O)CC1. The van der Waals surface area contributed by atoms with E-state index < -0.39 is 5.97 Å². The Hall–Kier alpha value is -0.770. The van der Waals surface area contributed by atoms with Crippen LogP contribution in [0.25, 0.3) is 0 Å². The van der Waals surface area contributed by atoms with Gasteiger partial charge in [-0.3, -0.25) is 0 Å². The zero-order valence-electron chi connectivity index (χ0n) is 8.66. The Morgan fingerprint density at radius 3 is 2.80 bits per heavy atom. The van der Waals surface area contributed by atoms with Gasteiger partial charge in [0.2, 0.25) is 0 Å². The highest BCUT2D eigenvalue weighted by Gasteiger charge is 2.41. The number of carboxylic acids is 1. The fourth-order valence-corrected chi connectivity index (χ4v) is 2.41. The van der Waals surface area contributed by atoms with Crippen LogP contribution < -0.4 is 0 Å². The van der Waals surface area contributed by atoms with Crippen molar-refractivity contribution in [3.05, 3.63) is 22.4 Å². The van der Waals surface area contributed by atoms with Crippen LogP contribution in [-0.4, -0.2) is 15.6 Å². The van der Waals surface area contributed by atoms with Gasteiger partial charge in [0.25, 0.3) is 0 Å². The summed E-state index contributed by atoms with van der Waals surface area (Å²) in [5, 5.41) is 9.03. The van der Waals surface area contributed by atoms with E-state index in [1.807, 2.05) is 10.8 Å². The number of rotatable bonds is 4. The quantitative estimate of drug-likeness (QED) is 0.914. The van der Waals surface area contributed by atoms with E-state index in [2.05, 4.69) is 22.9 Å². The molecule has 1 N–H and O–H groups in total. The predicted molar refractivity (Wildman–Crippen MR) is 61.0 cm³/mol. The molecule has 0 unspecified atom stereocenters. The molecule has 0 aromatic carbocycles. The molecule has 1 aliphatic rings. The molecular weight excluding hydrogens is 258 g/mol. The third kappa shape index (κ3) is 2.09. The van der Waals surface area contributed by atoms with Crippen LogP contribution in [0.5, 0.6) is 0 Å². The number of nitrogens with zero attached hydrogens (tertiary/aromatic N) is 1. The van der Waals surface area contributed by atoms with Crippen molar-refractivity contribution in [2.24, 2.45) is 5.41 Å². The molecule has 0 radical (unpaired) electrons. The van der Waals surface area contributed by atoms with Gasteiger partial charge in [-0.2, -0.15) is 0 Å². The second kappa shape index (κ2) is 3.67. The first-order valence-corrected chi connectivity index (χ1v) is 5.95. The lowest BCUT2D eigenvalue weighted by atomic mass is 10.0. The van der Waals surface area contributed by atoms with E-state index in [1.54, 1.807) is 6.07 Å². The molecule has 1 aromatic heterocycles. The lowest BCUT2D eigenvalue weighted by Crippen LogP contribution is -2.14. The summed E-state index contributed by atoms with van der Waals surface area (Å²) in [6.45, 7) is 3.00. The maximum absolute atomic E-state index is 11.0. The van der Waals surface area contributed by atoms with Crippen molar-refractivity contribution >= 4 is 21.9 Å². The third-order valence-electron chi connectivity index (χ3n) is 3.30. The topological polar surface area (TPSA) is 42.2 Å². The first kappa shape index (κ1) is 10.7. The zero-order valence-corrected chi connectivity index (χ0v) is 10.2. The van der Waals surface area contributed by atoms with Crippen molar-refractivity contribution in [1.82, 2.24) is 4.57 Å². The Morgan fingerprint density at radius 1 is 1.67 bits per heavy atom. The van der Waals surface area contributed by atoms with Crippen LogP contribution in [0, 0.1) is 5.41 Å². The Balaban J connectivity index is 2.24. The lowest BCUT2D eigenvalue weighted by Gasteiger charge is -2.14. The Labute approximate surface area is 97.2 Å². The minimum absolute atomic E-state index is 0.364. The van der Waals surface area contributed by atoms with Crippen LogP contribution in [0.2, 0.25) is 0 Å². The van der Waals surface area contributed by atoms with Crippen LogP contribution in [-0.2, 0) is 6.54 Å². The molecular formula is C11H14BrNO2. The minimum atomic E-state index is -0.854. The van der Waals surface area contributed by atoms with E-state index in [4.69, 9.17) is 5.11 Å². The van der Waals surface area contributed by atoms with Gasteiger partial charge in [0, 0.05) is 17.2 Å². The smallest absolute Gasteiger partial charge is 0.352 e. The summed E-state index contributed by atoms with van der Waals surface area (Å²) >= 11 is 3.32. The van der Waals surface area contributed by atoms with E-state index in [1.165, 1.54) is 12.8 Å². The molecule has 1 aromatic rings. The average molecular weight is 272 g/mol. The minimum Gasteiger partial charge on any atom is -0.477 e. The largest absolute Gasteiger partial charge is 0.477 e. The predicted octanol–water partition coefficient (Wildman–Crippen LogP) is 3.14. The van der Waals surface area contributed by atoms with Crippen molar-refractivity contribution in [3.8, 4) is 0 Å². The molecule has 4 heteroatoms. The number of aromatic carboxylic acids is 1. The van der Waals surface area contributed by atoms with Crippen molar-refractivity contribution in [2.45, 2.75) is 32.7 Å². The van der Waals surface area contributed by atoms with Gasteiger partial charge in [0.05, 0.1) is 0 Å². The maximum atomic E-state index is 11.0. The molecule has 2 rings (SSSR count).